The van der Waals surface area contributed by atoms with Gasteiger partial charge in [-0.15, -0.1) is 11.3 Å². The number of methoxy groups -OCH3 is 1. The van der Waals surface area contributed by atoms with E-state index in [2.05, 4.69) is 40.9 Å². The molecule has 2 rings (SSSR count). The van der Waals surface area contributed by atoms with Crippen LogP contribution in [0, 0.1) is 0 Å². The summed E-state index contributed by atoms with van der Waals surface area (Å²) >= 11 is 4.80. The summed E-state index contributed by atoms with van der Waals surface area (Å²) in [5.74, 6) is -0.0169. The molecule has 0 amide bonds. The number of rotatable bonds is 4. The maximum atomic E-state index is 11.2. The van der Waals surface area contributed by atoms with Gasteiger partial charge in [0, 0.05) is 17.8 Å². The van der Waals surface area contributed by atoms with Crippen LogP contribution in [0.4, 0.5) is 5.95 Å². The van der Waals surface area contributed by atoms with Crippen LogP contribution in [0.2, 0.25) is 0 Å². The van der Waals surface area contributed by atoms with Crippen molar-refractivity contribution in [3.63, 3.8) is 0 Å². The van der Waals surface area contributed by atoms with Crippen LogP contribution in [-0.2, 0) is 11.3 Å². The number of halogens is 1. The fraction of sp³-hybridized carbons (Fsp3) is 0.200. The molecule has 0 aromatic carbocycles. The van der Waals surface area contributed by atoms with Gasteiger partial charge in [0.1, 0.15) is 0 Å². The zero-order valence-electron chi connectivity index (χ0n) is 9.38. The molecule has 94 valence electrons. The molecule has 18 heavy (non-hydrogen) atoms. The summed E-state index contributed by atoms with van der Waals surface area (Å²) < 4.78 is 5.39. The molecule has 2 aromatic rings. The molecule has 0 saturated carbocycles. The minimum absolute atomic E-state index is 0.319. The molecular formula is C10H9BrN4O2S. The van der Waals surface area contributed by atoms with E-state index < -0.39 is 5.97 Å². The number of nitrogens with one attached hydrogen (secondary N) is 1. The third-order valence-electron chi connectivity index (χ3n) is 2.02. The van der Waals surface area contributed by atoms with Gasteiger partial charge in [0.05, 0.1) is 24.9 Å². The van der Waals surface area contributed by atoms with Crippen molar-refractivity contribution in [3.8, 4) is 0 Å². The van der Waals surface area contributed by atoms with E-state index in [9.17, 15) is 4.79 Å². The fourth-order valence-corrected chi connectivity index (χ4v) is 2.22. The quantitative estimate of drug-likeness (QED) is 0.866. The van der Waals surface area contributed by atoms with Crippen molar-refractivity contribution in [3.05, 3.63) is 32.9 Å². The minimum atomic E-state index is -0.454. The van der Waals surface area contributed by atoms with E-state index in [1.54, 1.807) is 0 Å². The summed E-state index contributed by atoms with van der Waals surface area (Å²) in [5.41, 5.74) is 1.21. The lowest BCUT2D eigenvalue weighted by atomic mass is 10.3. The van der Waals surface area contributed by atoms with Crippen LogP contribution in [0.1, 0.15) is 16.1 Å². The molecule has 0 fully saturated rings. The van der Waals surface area contributed by atoms with Crippen LogP contribution in [0.25, 0.3) is 0 Å². The van der Waals surface area contributed by atoms with Crippen molar-refractivity contribution in [1.29, 1.82) is 0 Å². The van der Waals surface area contributed by atoms with Gasteiger partial charge in [-0.3, -0.25) is 0 Å². The number of anilines is 1. The first-order valence-electron chi connectivity index (χ1n) is 4.93. The lowest BCUT2D eigenvalue weighted by Crippen LogP contribution is -2.07. The smallest absolute Gasteiger partial charge is 0.341 e. The second-order valence-corrected chi connectivity index (χ2v) is 5.37. The summed E-state index contributed by atoms with van der Waals surface area (Å²) in [6.07, 6.45) is 2.83. The van der Waals surface area contributed by atoms with Gasteiger partial charge in [0.25, 0.3) is 0 Å². The van der Waals surface area contributed by atoms with Crippen molar-refractivity contribution in [1.82, 2.24) is 15.0 Å². The molecule has 2 heterocycles. The molecule has 0 atom stereocenters. The van der Waals surface area contributed by atoms with Gasteiger partial charge in [-0.25, -0.2) is 19.7 Å². The van der Waals surface area contributed by atoms with Crippen molar-refractivity contribution in [2.45, 2.75) is 6.54 Å². The normalized spacial score (nSPS) is 10.1. The van der Waals surface area contributed by atoms with E-state index in [1.165, 1.54) is 30.8 Å². The number of hydrogen-bond acceptors (Lipinski definition) is 7. The van der Waals surface area contributed by atoms with E-state index in [-0.39, 0.29) is 0 Å². The van der Waals surface area contributed by atoms with Crippen molar-refractivity contribution < 1.29 is 9.53 Å². The number of carbonyl (C=O) groups is 1. The highest BCUT2D eigenvalue weighted by Gasteiger charge is 2.06. The monoisotopic (exact) mass is 328 g/mol. The van der Waals surface area contributed by atoms with Crippen molar-refractivity contribution in [2.75, 3.05) is 12.4 Å². The predicted octanol–water partition coefficient (Wildman–Crippen LogP) is 2.09. The fourth-order valence-electron chi connectivity index (χ4n) is 1.18. The SMILES string of the molecule is COC(=O)c1cnc(NCc2csc(Br)n2)nc1. The van der Waals surface area contributed by atoms with Gasteiger partial charge in [0.15, 0.2) is 3.92 Å². The molecule has 8 heteroatoms. The largest absolute Gasteiger partial charge is 0.465 e. The molecule has 0 spiro atoms. The summed E-state index contributed by atoms with van der Waals surface area (Å²) in [6, 6.07) is 0. The van der Waals surface area contributed by atoms with Crippen LogP contribution in [0.3, 0.4) is 0 Å². The lowest BCUT2D eigenvalue weighted by molar-refractivity contribution is 0.0600. The number of thiazole rings is 1. The standard InChI is InChI=1S/C10H9BrN4O2S/c1-17-8(16)6-2-12-10(13-3-6)14-4-7-5-18-9(11)15-7/h2-3,5H,4H2,1H3,(H,12,13,14). The van der Waals surface area contributed by atoms with E-state index >= 15 is 0 Å². The Morgan fingerprint density at radius 3 is 2.78 bits per heavy atom. The number of ether oxygens (including phenoxy) is 1. The lowest BCUT2D eigenvalue weighted by Gasteiger charge is -2.03. The Kier molecular flexibility index (Phi) is 4.21. The number of aromatic nitrogens is 3. The summed E-state index contributed by atoms with van der Waals surface area (Å²) in [4.78, 5) is 23.4. The topological polar surface area (TPSA) is 77.0 Å². The average Bonchev–Trinajstić information content (AvgIpc) is 2.82. The first-order chi connectivity index (χ1) is 8.69. The predicted molar refractivity (Wildman–Crippen MR) is 70.5 cm³/mol. The van der Waals surface area contributed by atoms with E-state index in [1.807, 2.05) is 5.38 Å². The first-order valence-corrected chi connectivity index (χ1v) is 6.60. The Morgan fingerprint density at radius 1 is 1.50 bits per heavy atom. The molecule has 0 bridgehead atoms. The molecular weight excluding hydrogens is 320 g/mol. The second kappa shape index (κ2) is 5.87. The second-order valence-electron chi connectivity index (χ2n) is 3.23. The number of esters is 1. The Bertz CT molecular complexity index is 543. The number of nitrogens with zero attached hydrogens (tertiary/aromatic N) is 3. The molecule has 0 aliphatic carbocycles. The highest BCUT2D eigenvalue weighted by Crippen LogP contribution is 2.16. The average molecular weight is 329 g/mol. The maximum absolute atomic E-state index is 11.2. The van der Waals surface area contributed by atoms with E-state index in [4.69, 9.17) is 0 Å². The van der Waals surface area contributed by atoms with Crippen molar-refractivity contribution >= 4 is 39.2 Å². The highest BCUT2D eigenvalue weighted by atomic mass is 79.9. The molecule has 0 aliphatic rings. The Balaban J connectivity index is 1.96. The zero-order chi connectivity index (χ0) is 13.0. The first kappa shape index (κ1) is 12.9. The molecule has 2 aromatic heterocycles. The molecule has 0 radical (unpaired) electrons. The highest BCUT2D eigenvalue weighted by molar-refractivity contribution is 9.11. The van der Waals surface area contributed by atoms with E-state index in [0.717, 1.165) is 9.61 Å². The number of carbonyl (C=O) groups excluding carboxylic acids is 1. The van der Waals surface area contributed by atoms with Gasteiger partial charge in [-0.2, -0.15) is 0 Å². The van der Waals surface area contributed by atoms with Crippen molar-refractivity contribution in [2.24, 2.45) is 0 Å². The van der Waals surface area contributed by atoms with Gasteiger partial charge >= 0.3 is 5.97 Å². The Hall–Kier alpha value is -1.54. The van der Waals surface area contributed by atoms with Crippen LogP contribution in [0.15, 0.2) is 21.7 Å². The van der Waals surface area contributed by atoms with Crippen LogP contribution < -0.4 is 5.32 Å². The van der Waals surface area contributed by atoms with Crippen LogP contribution >= 0.6 is 27.3 Å². The van der Waals surface area contributed by atoms with Gasteiger partial charge in [-0.05, 0) is 15.9 Å². The van der Waals surface area contributed by atoms with Gasteiger partial charge < -0.3 is 10.1 Å². The zero-order valence-corrected chi connectivity index (χ0v) is 11.8. The van der Waals surface area contributed by atoms with Crippen LogP contribution in [0.5, 0.6) is 0 Å². The van der Waals surface area contributed by atoms with Gasteiger partial charge in [-0.1, -0.05) is 0 Å². The summed E-state index contributed by atoms with van der Waals surface area (Å²) in [7, 11) is 1.31. The molecule has 1 N–H and O–H groups in total. The Labute approximate surface area is 116 Å². The molecule has 0 aliphatic heterocycles. The van der Waals surface area contributed by atoms with Gasteiger partial charge in [0.2, 0.25) is 5.95 Å². The molecule has 0 saturated heterocycles. The number of hydrogen-bond donors (Lipinski definition) is 1. The molecule has 0 unspecified atom stereocenters. The van der Waals surface area contributed by atoms with Crippen LogP contribution in [-0.4, -0.2) is 28.0 Å². The third-order valence-corrected chi connectivity index (χ3v) is 3.44. The van der Waals surface area contributed by atoms with E-state index in [0.29, 0.717) is 18.1 Å². The Morgan fingerprint density at radius 2 is 2.22 bits per heavy atom. The summed E-state index contributed by atoms with van der Waals surface area (Å²) in [5, 5.41) is 4.94. The summed E-state index contributed by atoms with van der Waals surface area (Å²) in [6.45, 7) is 0.527. The third kappa shape index (κ3) is 3.23. The molecule has 6 nitrogen and oxygen atoms in total. The maximum Gasteiger partial charge on any atom is 0.341 e. The minimum Gasteiger partial charge on any atom is -0.465 e.